The molecule has 32 heavy (non-hydrogen) atoms. The van der Waals surface area contributed by atoms with Crippen molar-refractivity contribution in [3.63, 3.8) is 0 Å². The standard InChI is InChI=1S/C27H24O5/c1-4-17-16-26(29)25-22(31-3)14-20(28)15-23(25)32-27(26,19-10-12-21(30-2)13-11-19)24(17)18-8-6-5-7-9-18/h1,5-15,17,24,28-29H,16H2,2-3H3/t17-,24-,26+,27-/m0/s1. The molecule has 0 amide bonds. The van der Waals surface area contributed by atoms with Crippen LogP contribution in [-0.4, -0.2) is 24.4 Å². The molecule has 1 aliphatic heterocycles. The molecule has 5 rings (SSSR count). The zero-order valence-corrected chi connectivity index (χ0v) is 17.9. The second kappa shape index (κ2) is 7.22. The number of ether oxygens (including phenoxy) is 3. The highest BCUT2D eigenvalue weighted by Crippen LogP contribution is 2.70. The van der Waals surface area contributed by atoms with Crippen LogP contribution in [0.3, 0.4) is 0 Å². The van der Waals surface area contributed by atoms with E-state index in [1.807, 2.05) is 54.6 Å². The van der Waals surface area contributed by atoms with E-state index in [2.05, 4.69) is 5.92 Å². The second-order valence-corrected chi connectivity index (χ2v) is 8.31. The van der Waals surface area contributed by atoms with Gasteiger partial charge in [0.15, 0.2) is 5.60 Å². The van der Waals surface area contributed by atoms with Crippen LogP contribution in [0.25, 0.3) is 0 Å². The van der Waals surface area contributed by atoms with Crippen LogP contribution in [0, 0.1) is 18.3 Å². The summed E-state index contributed by atoms with van der Waals surface area (Å²) < 4.78 is 17.6. The molecule has 0 radical (unpaired) electrons. The SMILES string of the molecule is C#C[C@H]1C[C@@]2(O)c3c(OC)cc(O)cc3O[C@@]2(c2ccc(OC)cc2)[C@@H]1c1ccccc1. The molecule has 1 aliphatic carbocycles. The minimum Gasteiger partial charge on any atom is -0.508 e. The summed E-state index contributed by atoms with van der Waals surface area (Å²) in [6.07, 6.45) is 6.29. The summed E-state index contributed by atoms with van der Waals surface area (Å²) in [6, 6.07) is 20.4. The van der Waals surface area contributed by atoms with Crippen molar-refractivity contribution in [3.05, 3.63) is 83.4 Å². The average Bonchev–Trinajstić information content (AvgIpc) is 3.22. The van der Waals surface area contributed by atoms with E-state index < -0.39 is 11.2 Å². The molecular weight excluding hydrogens is 404 g/mol. The maximum Gasteiger partial charge on any atom is 0.175 e. The molecule has 0 aromatic heterocycles. The number of benzene rings is 3. The summed E-state index contributed by atoms with van der Waals surface area (Å²) in [6.45, 7) is 0. The molecule has 3 aromatic carbocycles. The molecule has 2 aliphatic rings. The lowest BCUT2D eigenvalue weighted by Gasteiger charge is -2.40. The molecule has 5 nitrogen and oxygen atoms in total. The number of aliphatic hydroxyl groups is 1. The topological polar surface area (TPSA) is 68.2 Å². The minimum atomic E-state index is -1.48. The molecule has 2 N–H and O–H groups in total. The van der Waals surface area contributed by atoms with Gasteiger partial charge in [-0.1, -0.05) is 42.5 Å². The lowest BCUT2D eigenvalue weighted by atomic mass is 9.71. The maximum atomic E-state index is 12.4. The maximum absolute atomic E-state index is 12.4. The van der Waals surface area contributed by atoms with Crippen LogP contribution in [0.15, 0.2) is 66.7 Å². The first-order valence-electron chi connectivity index (χ1n) is 10.5. The van der Waals surface area contributed by atoms with Crippen LogP contribution in [0.2, 0.25) is 0 Å². The molecular formula is C27H24O5. The third-order valence-corrected chi connectivity index (χ3v) is 6.82. The fourth-order valence-electron chi connectivity index (χ4n) is 5.56. The van der Waals surface area contributed by atoms with E-state index in [0.29, 0.717) is 22.8 Å². The van der Waals surface area contributed by atoms with Gasteiger partial charge >= 0.3 is 0 Å². The van der Waals surface area contributed by atoms with Gasteiger partial charge in [-0.15, -0.1) is 12.3 Å². The Morgan fingerprint density at radius 2 is 1.75 bits per heavy atom. The van der Waals surface area contributed by atoms with Crippen LogP contribution >= 0.6 is 0 Å². The molecule has 0 unspecified atom stereocenters. The summed E-state index contributed by atoms with van der Waals surface area (Å²) in [5.41, 5.74) is -0.454. The molecule has 162 valence electrons. The fraction of sp³-hybridized carbons (Fsp3) is 0.259. The van der Waals surface area contributed by atoms with Gasteiger partial charge in [0.05, 0.1) is 19.8 Å². The Bertz CT molecular complexity index is 1200. The number of hydrogen-bond donors (Lipinski definition) is 2. The summed E-state index contributed by atoms with van der Waals surface area (Å²) in [4.78, 5) is 0. The first-order valence-corrected chi connectivity index (χ1v) is 10.5. The number of aromatic hydroxyl groups is 1. The van der Waals surface area contributed by atoms with Crippen molar-refractivity contribution >= 4 is 0 Å². The molecule has 4 atom stereocenters. The number of phenols is 1. The van der Waals surface area contributed by atoms with Crippen molar-refractivity contribution in [3.8, 4) is 35.3 Å². The van der Waals surface area contributed by atoms with Crippen molar-refractivity contribution < 1.29 is 24.4 Å². The third kappa shape index (κ3) is 2.57. The Balaban J connectivity index is 1.83. The van der Waals surface area contributed by atoms with Crippen LogP contribution < -0.4 is 14.2 Å². The molecule has 5 heteroatoms. The monoisotopic (exact) mass is 428 g/mol. The van der Waals surface area contributed by atoms with Crippen molar-refractivity contribution in [1.82, 2.24) is 0 Å². The molecule has 1 heterocycles. The van der Waals surface area contributed by atoms with Gasteiger partial charge in [0.25, 0.3) is 0 Å². The molecule has 0 spiro atoms. The van der Waals surface area contributed by atoms with Gasteiger partial charge in [-0.3, -0.25) is 0 Å². The Hall–Kier alpha value is -3.62. The van der Waals surface area contributed by atoms with Crippen LogP contribution in [0.4, 0.5) is 0 Å². The molecule has 0 saturated heterocycles. The Labute approximate surface area is 187 Å². The Morgan fingerprint density at radius 3 is 2.38 bits per heavy atom. The number of hydrogen-bond acceptors (Lipinski definition) is 5. The van der Waals surface area contributed by atoms with E-state index in [-0.39, 0.29) is 24.0 Å². The van der Waals surface area contributed by atoms with Crippen LogP contribution in [0.5, 0.6) is 23.0 Å². The van der Waals surface area contributed by atoms with E-state index in [1.54, 1.807) is 7.11 Å². The van der Waals surface area contributed by atoms with Crippen molar-refractivity contribution in [2.24, 2.45) is 5.92 Å². The molecule has 1 fully saturated rings. The first-order chi connectivity index (χ1) is 15.5. The van der Waals surface area contributed by atoms with E-state index in [9.17, 15) is 10.2 Å². The average molecular weight is 428 g/mol. The summed E-state index contributed by atoms with van der Waals surface area (Å²) >= 11 is 0. The fourth-order valence-corrected chi connectivity index (χ4v) is 5.56. The third-order valence-electron chi connectivity index (χ3n) is 6.82. The number of rotatable bonds is 4. The van der Waals surface area contributed by atoms with Crippen LogP contribution in [-0.2, 0) is 11.2 Å². The quantitative estimate of drug-likeness (QED) is 0.606. The predicted molar refractivity (Wildman–Crippen MR) is 120 cm³/mol. The summed E-state index contributed by atoms with van der Waals surface area (Å²) in [7, 11) is 3.12. The highest BCUT2D eigenvalue weighted by atomic mass is 16.5. The normalized spacial score (nSPS) is 27.7. The minimum absolute atomic E-state index is 0.00110. The number of fused-ring (bicyclic) bond motifs is 3. The van der Waals surface area contributed by atoms with Crippen molar-refractivity contribution in [1.29, 1.82) is 0 Å². The Morgan fingerprint density at radius 1 is 1.03 bits per heavy atom. The molecule has 3 aromatic rings. The second-order valence-electron chi connectivity index (χ2n) is 8.31. The van der Waals surface area contributed by atoms with Gasteiger partial charge in [0.2, 0.25) is 0 Å². The van der Waals surface area contributed by atoms with Gasteiger partial charge < -0.3 is 24.4 Å². The van der Waals surface area contributed by atoms with Gasteiger partial charge in [-0.05, 0) is 29.7 Å². The van der Waals surface area contributed by atoms with E-state index in [1.165, 1.54) is 19.2 Å². The summed E-state index contributed by atoms with van der Waals surface area (Å²) in [5, 5.41) is 22.7. The molecule has 0 bridgehead atoms. The largest absolute Gasteiger partial charge is 0.508 e. The first kappa shape index (κ1) is 20.3. The number of methoxy groups -OCH3 is 2. The van der Waals surface area contributed by atoms with E-state index in [0.717, 1.165) is 11.1 Å². The number of phenolic OH excluding ortho intramolecular Hbond substituents is 1. The van der Waals surface area contributed by atoms with E-state index in [4.69, 9.17) is 20.6 Å². The molecule has 1 saturated carbocycles. The van der Waals surface area contributed by atoms with Crippen molar-refractivity contribution in [2.45, 2.75) is 23.5 Å². The van der Waals surface area contributed by atoms with Crippen molar-refractivity contribution in [2.75, 3.05) is 14.2 Å². The smallest absolute Gasteiger partial charge is 0.175 e. The summed E-state index contributed by atoms with van der Waals surface area (Å²) in [5.74, 6) is 3.72. The highest BCUT2D eigenvalue weighted by molar-refractivity contribution is 5.62. The zero-order valence-electron chi connectivity index (χ0n) is 17.9. The Kier molecular flexibility index (Phi) is 4.58. The van der Waals surface area contributed by atoms with Crippen LogP contribution in [0.1, 0.15) is 29.0 Å². The number of terminal acetylenes is 1. The van der Waals surface area contributed by atoms with E-state index >= 15 is 0 Å². The van der Waals surface area contributed by atoms with Gasteiger partial charge in [-0.25, -0.2) is 0 Å². The van der Waals surface area contributed by atoms with Gasteiger partial charge in [0.1, 0.15) is 28.6 Å². The van der Waals surface area contributed by atoms with Gasteiger partial charge in [0, 0.05) is 24.0 Å². The zero-order chi connectivity index (χ0) is 22.5. The lowest BCUT2D eigenvalue weighted by molar-refractivity contribution is -0.106. The van der Waals surface area contributed by atoms with Gasteiger partial charge in [-0.2, -0.15) is 0 Å². The highest BCUT2D eigenvalue weighted by Gasteiger charge is 2.72. The lowest BCUT2D eigenvalue weighted by Crippen LogP contribution is -2.48. The predicted octanol–water partition coefficient (Wildman–Crippen LogP) is 4.32.